The van der Waals surface area contributed by atoms with Gasteiger partial charge in [0.1, 0.15) is 11.8 Å². The van der Waals surface area contributed by atoms with E-state index in [-0.39, 0.29) is 0 Å². The zero-order valence-corrected chi connectivity index (χ0v) is 9.69. The number of hydrogen-bond donors (Lipinski definition) is 0. The molecule has 0 spiro atoms. The molecule has 2 rings (SSSR count). The fourth-order valence-corrected chi connectivity index (χ4v) is 2.42. The predicted molar refractivity (Wildman–Crippen MR) is 64.2 cm³/mol. The summed E-state index contributed by atoms with van der Waals surface area (Å²) >= 11 is 0. The Balaban J connectivity index is 2.24. The zero-order chi connectivity index (χ0) is 11.4. The molecular formula is C13H17N3. The van der Waals surface area contributed by atoms with Crippen molar-refractivity contribution in [3.05, 3.63) is 24.0 Å². The van der Waals surface area contributed by atoms with Gasteiger partial charge in [0.05, 0.1) is 0 Å². The van der Waals surface area contributed by atoms with E-state index in [0.717, 1.165) is 12.2 Å². The van der Waals surface area contributed by atoms with Crippen molar-refractivity contribution < 1.29 is 0 Å². The van der Waals surface area contributed by atoms with Crippen LogP contribution in [0.25, 0.3) is 0 Å². The Morgan fingerprint density at radius 2 is 2.44 bits per heavy atom. The van der Waals surface area contributed by atoms with Gasteiger partial charge in [-0.25, -0.2) is 4.98 Å². The van der Waals surface area contributed by atoms with Crippen LogP contribution in [0, 0.1) is 11.3 Å². The Labute approximate surface area is 96.7 Å². The molecule has 3 heteroatoms. The summed E-state index contributed by atoms with van der Waals surface area (Å²) in [5.74, 6) is 0. The van der Waals surface area contributed by atoms with Gasteiger partial charge < -0.3 is 4.90 Å². The Kier molecular flexibility index (Phi) is 3.40. The fraction of sp³-hybridized carbons (Fsp3) is 0.538. The molecule has 0 N–H and O–H groups in total. The standard InChI is InChI=1S/C13H17N3/c1-2-12-5-3-4-8-16(12)13-6-7-15-11(9-13)10-14/h6-7,9,12H,2-5,8H2,1H3. The van der Waals surface area contributed by atoms with Gasteiger partial charge >= 0.3 is 0 Å². The summed E-state index contributed by atoms with van der Waals surface area (Å²) in [5.41, 5.74) is 1.66. The van der Waals surface area contributed by atoms with E-state index in [9.17, 15) is 0 Å². The number of nitrogens with zero attached hydrogens (tertiary/aromatic N) is 3. The van der Waals surface area contributed by atoms with Crippen LogP contribution in [0.4, 0.5) is 5.69 Å². The Hall–Kier alpha value is -1.56. The van der Waals surface area contributed by atoms with E-state index in [4.69, 9.17) is 5.26 Å². The molecule has 1 fully saturated rings. The summed E-state index contributed by atoms with van der Waals surface area (Å²) in [6.45, 7) is 3.34. The zero-order valence-electron chi connectivity index (χ0n) is 9.69. The average molecular weight is 215 g/mol. The lowest BCUT2D eigenvalue weighted by Gasteiger charge is -2.37. The quantitative estimate of drug-likeness (QED) is 0.761. The second-order valence-electron chi connectivity index (χ2n) is 4.26. The third-order valence-corrected chi connectivity index (χ3v) is 3.29. The Bertz CT molecular complexity index is 394. The van der Waals surface area contributed by atoms with E-state index in [1.165, 1.54) is 25.7 Å². The fourth-order valence-electron chi connectivity index (χ4n) is 2.42. The normalized spacial score (nSPS) is 20.5. The largest absolute Gasteiger partial charge is 0.368 e. The van der Waals surface area contributed by atoms with Crippen LogP contribution in [0.5, 0.6) is 0 Å². The summed E-state index contributed by atoms with van der Waals surface area (Å²) < 4.78 is 0. The number of rotatable bonds is 2. The van der Waals surface area contributed by atoms with E-state index in [1.807, 2.05) is 12.1 Å². The van der Waals surface area contributed by atoms with Gasteiger partial charge in [-0.1, -0.05) is 6.92 Å². The average Bonchev–Trinajstić information content (AvgIpc) is 2.38. The number of nitriles is 1. The van der Waals surface area contributed by atoms with Crippen molar-refractivity contribution in [2.75, 3.05) is 11.4 Å². The molecule has 3 nitrogen and oxygen atoms in total. The van der Waals surface area contributed by atoms with Crippen LogP contribution >= 0.6 is 0 Å². The van der Waals surface area contributed by atoms with Crippen LogP contribution in [0.1, 0.15) is 38.3 Å². The molecule has 84 valence electrons. The van der Waals surface area contributed by atoms with Crippen LogP contribution in [0.3, 0.4) is 0 Å². The van der Waals surface area contributed by atoms with Crippen molar-refractivity contribution >= 4 is 5.69 Å². The van der Waals surface area contributed by atoms with Gasteiger partial charge in [-0.05, 0) is 37.8 Å². The third-order valence-electron chi connectivity index (χ3n) is 3.29. The number of piperidine rings is 1. The molecule has 1 aliphatic heterocycles. The molecule has 2 heterocycles. The van der Waals surface area contributed by atoms with Crippen LogP contribution in [0.15, 0.2) is 18.3 Å². The van der Waals surface area contributed by atoms with Gasteiger partial charge in [0, 0.05) is 24.5 Å². The topological polar surface area (TPSA) is 39.9 Å². The van der Waals surface area contributed by atoms with E-state index in [0.29, 0.717) is 11.7 Å². The minimum Gasteiger partial charge on any atom is -0.368 e. The first-order valence-corrected chi connectivity index (χ1v) is 5.98. The molecule has 1 aromatic heterocycles. The third kappa shape index (κ3) is 2.16. The minimum atomic E-state index is 0.512. The van der Waals surface area contributed by atoms with Crippen molar-refractivity contribution in [2.45, 2.75) is 38.6 Å². The van der Waals surface area contributed by atoms with Gasteiger partial charge in [0.25, 0.3) is 0 Å². The van der Waals surface area contributed by atoms with E-state index in [1.54, 1.807) is 6.20 Å². The van der Waals surface area contributed by atoms with E-state index in [2.05, 4.69) is 22.9 Å². The van der Waals surface area contributed by atoms with Crippen molar-refractivity contribution in [1.82, 2.24) is 4.98 Å². The smallest absolute Gasteiger partial charge is 0.142 e. The first-order chi connectivity index (χ1) is 7.85. The highest BCUT2D eigenvalue weighted by Crippen LogP contribution is 2.26. The van der Waals surface area contributed by atoms with E-state index < -0.39 is 0 Å². The van der Waals surface area contributed by atoms with Gasteiger partial charge in [0.15, 0.2) is 0 Å². The maximum absolute atomic E-state index is 8.85. The number of pyridine rings is 1. The van der Waals surface area contributed by atoms with Crippen LogP contribution in [-0.2, 0) is 0 Å². The Morgan fingerprint density at radius 1 is 1.56 bits per heavy atom. The summed E-state index contributed by atoms with van der Waals surface area (Å²) in [6.07, 6.45) is 6.74. The predicted octanol–water partition coefficient (Wildman–Crippen LogP) is 2.72. The lowest BCUT2D eigenvalue weighted by molar-refractivity contribution is 0.450. The van der Waals surface area contributed by atoms with E-state index >= 15 is 0 Å². The number of aromatic nitrogens is 1. The molecule has 0 saturated carbocycles. The van der Waals surface area contributed by atoms with Crippen LogP contribution < -0.4 is 4.90 Å². The molecule has 1 aliphatic rings. The molecule has 0 aromatic carbocycles. The van der Waals surface area contributed by atoms with Gasteiger partial charge in [-0.2, -0.15) is 5.26 Å². The summed E-state index contributed by atoms with van der Waals surface area (Å²) in [4.78, 5) is 6.44. The number of anilines is 1. The molecule has 16 heavy (non-hydrogen) atoms. The van der Waals surface area contributed by atoms with Crippen LogP contribution in [-0.4, -0.2) is 17.6 Å². The van der Waals surface area contributed by atoms with Gasteiger partial charge in [-0.3, -0.25) is 0 Å². The molecule has 1 atom stereocenters. The highest BCUT2D eigenvalue weighted by atomic mass is 15.2. The molecule has 1 unspecified atom stereocenters. The monoisotopic (exact) mass is 215 g/mol. The van der Waals surface area contributed by atoms with Crippen molar-refractivity contribution in [3.63, 3.8) is 0 Å². The van der Waals surface area contributed by atoms with Crippen LogP contribution in [0.2, 0.25) is 0 Å². The molecule has 1 saturated heterocycles. The minimum absolute atomic E-state index is 0.512. The van der Waals surface area contributed by atoms with Gasteiger partial charge in [-0.15, -0.1) is 0 Å². The van der Waals surface area contributed by atoms with Gasteiger partial charge in [0.2, 0.25) is 0 Å². The molecule has 0 amide bonds. The maximum Gasteiger partial charge on any atom is 0.142 e. The summed E-state index contributed by atoms with van der Waals surface area (Å²) in [6, 6.07) is 6.63. The molecule has 1 aromatic rings. The molecule has 0 bridgehead atoms. The first kappa shape index (κ1) is 10.9. The van der Waals surface area contributed by atoms with Crippen molar-refractivity contribution in [3.8, 4) is 6.07 Å². The highest BCUT2D eigenvalue weighted by Gasteiger charge is 2.21. The molecular weight excluding hydrogens is 198 g/mol. The van der Waals surface area contributed by atoms with Crippen molar-refractivity contribution in [2.24, 2.45) is 0 Å². The molecule has 0 aliphatic carbocycles. The second kappa shape index (κ2) is 4.98. The summed E-state index contributed by atoms with van der Waals surface area (Å²) in [7, 11) is 0. The number of hydrogen-bond acceptors (Lipinski definition) is 3. The second-order valence-corrected chi connectivity index (χ2v) is 4.26. The van der Waals surface area contributed by atoms with Crippen molar-refractivity contribution in [1.29, 1.82) is 5.26 Å². The lowest BCUT2D eigenvalue weighted by Crippen LogP contribution is -2.39. The lowest BCUT2D eigenvalue weighted by atomic mass is 9.99. The summed E-state index contributed by atoms with van der Waals surface area (Å²) in [5, 5.41) is 8.85. The Morgan fingerprint density at radius 3 is 3.19 bits per heavy atom. The highest BCUT2D eigenvalue weighted by molar-refractivity contribution is 5.50. The SMILES string of the molecule is CCC1CCCCN1c1ccnc(C#N)c1. The first-order valence-electron chi connectivity index (χ1n) is 5.98. The molecule has 0 radical (unpaired) electrons. The maximum atomic E-state index is 8.85.